The van der Waals surface area contributed by atoms with Crippen molar-refractivity contribution < 1.29 is 9.53 Å². The molecule has 1 aliphatic carbocycles. The molecule has 2 aromatic carbocycles. The Morgan fingerprint density at radius 3 is 2.42 bits per heavy atom. The van der Waals surface area contributed by atoms with Crippen molar-refractivity contribution >= 4 is 11.5 Å². The van der Waals surface area contributed by atoms with Crippen LogP contribution in [0.2, 0.25) is 0 Å². The molecule has 0 aromatic heterocycles. The molecule has 0 spiro atoms. The lowest BCUT2D eigenvalue weighted by Crippen LogP contribution is -2.21. The lowest BCUT2D eigenvalue weighted by Gasteiger charge is -2.31. The molecule has 26 heavy (non-hydrogen) atoms. The Hall–Kier alpha value is -2.79. The van der Waals surface area contributed by atoms with Gasteiger partial charge in [-0.1, -0.05) is 37.8 Å². The standard InChI is InChI=1S/C24H24O2/c1-5-26-23(25)20-11-8-18(9-12-20)6-7-19-10-13-21-17(2)14-15-24(3,4)22(21)16-19/h8-14,16H,5,15H2,1-4H3. The molecular formula is C24H24O2. The quantitative estimate of drug-likeness (QED) is 0.542. The lowest BCUT2D eigenvalue weighted by atomic mass is 9.73. The van der Waals surface area contributed by atoms with Crippen molar-refractivity contribution in [2.75, 3.05) is 6.61 Å². The summed E-state index contributed by atoms with van der Waals surface area (Å²) in [7, 11) is 0. The van der Waals surface area contributed by atoms with Crippen molar-refractivity contribution in [3.8, 4) is 11.8 Å². The monoisotopic (exact) mass is 344 g/mol. The van der Waals surface area contributed by atoms with Crippen LogP contribution >= 0.6 is 0 Å². The molecule has 0 saturated carbocycles. The predicted octanol–water partition coefficient (Wildman–Crippen LogP) is 5.35. The maximum atomic E-state index is 11.7. The van der Waals surface area contributed by atoms with Gasteiger partial charge in [0.05, 0.1) is 12.2 Å². The lowest BCUT2D eigenvalue weighted by molar-refractivity contribution is 0.0526. The van der Waals surface area contributed by atoms with E-state index in [2.05, 4.69) is 56.9 Å². The first-order valence-corrected chi connectivity index (χ1v) is 9.01. The van der Waals surface area contributed by atoms with E-state index in [9.17, 15) is 4.79 Å². The van der Waals surface area contributed by atoms with Gasteiger partial charge in [0.1, 0.15) is 0 Å². The fourth-order valence-corrected chi connectivity index (χ4v) is 3.20. The van der Waals surface area contributed by atoms with Crippen LogP contribution in [0.4, 0.5) is 0 Å². The van der Waals surface area contributed by atoms with Gasteiger partial charge in [0.2, 0.25) is 0 Å². The summed E-state index contributed by atoms with van der Waals surface area (Å²) in [4.78, 5) is 11.7. The zero-order valence-electron chi connectivity index (χ0n) is 15.8. The van der Waals surface area contributed by atoms with Gasteiger partial charge in [-0.05, 0) is 78.8 Å². The van der Waals surface area contributed by atoms with Crippen molar-refractivity contribution in [1.82, 2.24) is 0 Å². The molecule has 1 aliphatic rings. The van der Waals surface area contributed by atoms with Gasteiger partial charge < -0.3 is 4.74 Å². The Bertz CT molecular complexity index is 919. The van der Waals surface area contributed by atoms with Crippen LogP contribution in [0.5, 0.6) is 0 Å². The Morgan fingerprint density at radius 1 is 1.08 bits per heavy atom. The van der Waals surface area contributed by atoms with Gasteiger partial charge in [0.15, 0.2) is 0 Å². The zero-order valence-corrected chi connectivity index (χ0v) is 15.8. The summed E-state index contributed by atoms with van der Waals surface area (Å²) in [5.41, 5.74) is 6.61. The van der Waals surface area contributed by atoms with Crippen LogP contribution in [0, 0.1) is 11.8 Å². The fourth-order valence-electron chi connectivity index (χ4n) is 3.20. The third kappa shape index (κ3) is 3.73. The highest BCUT2D eigenvalue weighted by atomic mass is 16.5. The second-order valence-corrected chi connectivity index (χ2v) is 7.28. The molecule has 0 aliphatic heterocycles. The Morgan fingerprint density at radius 2 is 1.73 bits per heavy atom. The van der Waals surface area contributed by atoms with Crippen molar-refractivity contribution in [2.24, 2.45) is 0 Å². The Kier molecular flexibility index (Phi) is 5.00. The molecule has 2 heteroatoms. The Labute approximate surface area is 155 Å². The summed E-state index contributed by atoms with van der Waals surface area (Å²) in [5, 5.41) is 0. The summed E-state index contributed by atoms with van der Waals surface area (Å²) < 4.78 is 5.00. The smallest absolute Gasteiger partial charge is 0.338 e. The maximum absolute atomic E-state index is 11.7. The van der Waals surface area contributed by atoms with E-state index in [4.69, 9.17) is 4.74 Å². The minimum absolute atomic E-state index is 0.133. The molecule has 0 amide bonds. The van der Waals surface area contributed by atoms with Gasteiger partial charge in [-0.15, -0.1) is 0 Å². The molecule has 2 nitrogen and oxygen atoms in total. The van der Waals surface area contributed by atoms with E-state index in [0.29, 0.717) is 12.2 Å². The van der Waals surface area contributed by atoms with Crippen LogP contribution in [-0.2, 0) is 10.2 Å². The number of carbonyl (C=O) groups excluding carboxylic acids is 1. The predicted molar refractivity (Wildman–Crippen MR) is 106 cm³/mol. The molecule has 0 fully saturated rings. The van der Waals surface area contributed by atoms with E-state index < -0.39 is 0 Å². The normalized spacial score (nSPS) is 14.5. The van der Waals surface area contributed by atoms with E-state index in [-0.39, 0.29) is 11.4 Å². The molecule has 132 valence electrons. The van der Waals surface area contributed by atoms with Crippen molar-refractivity contribution in [1.29, 1.82) is 0 Å². The number of carbonyl (C=O) groups is 1. The second kappa shape index (κ2) is 7.22. The largest absolute Gasteiger partial charge is 0.462 e. The van der Waals surface area contributed by atoms with Gasteiger partial charge in [0, 0.05) is 11.1 Å². The highest BCUT2D eigenvalue weighted by Gasteiger charge is 2.26. The maximum Gasteiger partial charge on any atom is 0.338 e. The number of esters is 1. The average molecular weight is 344 g/mol. The number of benzene rings is 2. The van der Waals surface area contributed by atoms with Gasteiger partial charge in [-0.2, -0.15) is 0 Å². The zero-order chi connectivity index (χ0) is 18.7. The van der Waals surface area contributed by atoms with Crippen LogP contribution in [0.15, 0.2) is 48.5 Å². The summed E-state index contributed by atoms with van der Waals surface area (Å²) >= 11 is 0. The first-order valence-electron chi connectivity index (χ1n) is 9.01. The van der Waals surface area contributed by atoms with Crippen molar-refractivity contribution in [2.45, 2.75) is 39.5 Å². The highest BCUT2D eigenvalue weighted by molar-refractivity contribution is 5.89. The van der Waals surface area contributed by atoms with Gasteiger partial charge >= 0.3 is 5.97 Å². The number of hydrogen-bond donors (Lipinski definition) is 0. The van der Waals surface area contributed by atoms with Crippen LogP contribution in [0.25, 0.3) is 5.57 Å². The summed E-state index contributed by atoms with van der Waals surface area (Å²) in [5.74, 6) is 6.14. The summed E-state index contributed by atoms with van der Waals surface area (Å²) in [6.45, 7) is 8.91. The Balaban J connectivity index is 1.85. The molecule has 0 unspecified atom stereocenters. The fraction of sp³-hybridized carbons (Fsp3) is 0.292. The molecule has 3 rings (SSSR count). The van der Waals surface area contributed by atoms with Crippen molar-refractivity contribution in [3.63, 3.8) is 0 Å². The van der Waals surface area contributed by atoms with E-state index >= 15 is 0 Å². The number of hydrogen-bond acceptors (Lipinski definition) is 2. The number of fused-ring (bicyclic) bond motifs is 1. The number of allylic oxidation sites excluding steroid dienone is 2. The van der Waals surface area contributed by atoms with E-state index in [1.807, 2.05) is 12.1 Å². The molecule has 0 radical (unpaired) electrons. The third-order valence-corrected chi connectivity index (χ3v) is 4.84. The average Bonchev–Trinajstić information content (AvgIpc) is 2.64. The summed E-state index contributed by atoms with van der Waals surface area (Å²) in [6.07, 6.45) is 3.37. The highest BCUT2D eigenvalue weighted by Crippen LogP contribution is 2.38. The van der Waals surface area contributed by atoms with Gasteiger partial charge in [-0.25, -0.2) is 4.79 Å². The number of ether oxygens (including phenoxy) is 1. The van der Waals surface area contributed by atoms with Gasteiger partial charge in [0.25, 0.3) is 0 Å². The van der Waals surface area contributed by atoms with Crippen LogP contribution < -0.4 is 0 Å². The number of rotatable bonds is 2. The van der Waals surface area contributed by atoms with Crippen molar-refractivity contribution in [3.05, 3.63) is 76.4 Å². The minimum atomic E-state index is -0.299. The molecule has 2 aromatic rings. The van der Waals surface area contributed by atoms with Crippen LogP contribution in [-0.4, -0.2) is 12.6 Å². The molecule has 0 N–H and O–H groups in total. The third-order valence-electron chi connectivity index (χ3n) is 4.84. The first-order chi connectivity index (χ1) is 12.4. The van der Waals surface area contributed by atoms with Crippen LogP contribution in [0.3, 0.4) is 0 Å². The van der Waals surface area contributed by atoms with Gasteiger partial charge in [-0.3, -0.25) is 0 Å². The van der Waals surface area contributed by atoms with Crippen LogP contribution in [0.1, 0.15) is 66.7 Å². The molecule has 0 bridgehead atoms. The molecular weight excluding hydrogens is 320 g/mol. The minimum Gasteiger partial charge on any atom is -0.462 e. The van der Waals surface area contributed by atoms with E-state index in [1.165, 1.54) is 16.7 Å². The summed E-state index contributed by atoms with van der Waals surface area (Å²) in [6, 6.07) is 13.7. The van der Waals surface area contributed by atoms with E-state index in [1.54, 1.807) is 19.1 Å². The van der Waals surface area contributed by atoms with E-state index in [0.717, 1.165) is 17.5 Å². The molecule has 0 saturated heterocycles. The molecule has 0 heterocycles. The first kappa shape index (κ1) is 18.0. The second-order valence-electron chi connectivity index (χ2n) is 7.28. The SMILES string of the molecule is CCOC(=O)c1ccc(C#Cc2ccc3c(c2)C(C)(C)CC=C3C)cc1. The molecule has 0 atom stereocenters. The topological polar surface area (TPSA) is 26.3 Å².